The standard InChI is InChI=1S/C12H16O/c1-5-8-10-12(7-3)13-11(4)9-6-2/h5-10H,1-2H2,3-4H3/b10-8-,11-9+,12-7+. The van der Waals surface area contributed by atoms with Crippen LogP contribution in [0.4, 0.5) is 0 Å². The Hall–Kier alpha value is -1.50. The summed E-state index contributed by atoms with van der Waals surface area (Å²) in [5.41, 5.74) is 0. The molecule has 70 valence electrons. The molecule has 0 spiro atoms. The highest BCUT2D eigenvalue weighted by molar-refractivity contribution is 5.18. The van der Waals surface area contributed by atoms with E-state index in [-0.39, 0.29) is 0 Å². The van der Waals surface area contributed by atoms with E-state index in [1.165, 1.54) is 0 Å². The van der Waals surface area contributed by atoms with Crippen LogP contribution in [0.1, 0.15) is 13.8 Å². The Morgan fingerprint density at radius 2 is 1.92 bits per heavy atom. The fourth-order valence-electron chi connectivity index (χ4n) is 0.738. The van der Waals surface area contributed by atoms with Gasteiger partial charge in [0, 0.05) is 0 Å². The van der Waals surface area contributed by atoms with Gasteiger partial charge in [-0.3, -0.25) is 0 Å². The molecule has 1 nitrogen and oxygen atoms in total. The Balaban J connectivity index is 4.30. The summed E-state index contributed by atoms with van der Waals surface area (Å²) < 4.78 is 5.46. The van der Waals surface area contributed by atoms with Gasteiger partial charge in [0.25, 0.3) is 0 Å². The van der Waals surface area contributed by atoms with E-state index < -0.39 is 0 Å². The first-order valence-corrected chi connectivity index (χ1v) is 4.17. The van der Waals surface area contributed by atoms with Crippen molar-refractivity contribution < 1.29 is 4.74 Å². The zero-order chi connectivity index (χ0) is 10.1. The molecule has 13 heavy (non-hydrogen) atoms. The van der Waals surface area contributed by atoms with Gasteiger partial charge in [0.1, 0.15) is 11.5 Å². The van der Waals surface area contributed by atoms with Crippen molar-refractivity contribution in [2.24, 2.45) is 0 Å². The van der Waals surface area contributed by atoms with E-state index in [1.54, 1.807) is 12.2 Å². The first kappa shape index (κ1) is 11.5. The number of ether oxygens (including phenoxy) is 1. The van der Waals surface area contributed by atoms with E-state index >= 15 is 0 Å². The van der Waals surface area contributed by atoms with Gasteiger partial charge in [0.15, 0.2) is 0 Å². The number of hydrogen-bond donors (Lipinski definition) is 0. The lowest BCUT2D eigenvalue weighted by atomic mass is 10.4. The SMILES string of the molecule is C=C/C=C\C(=C/C)O/C(C)=C/C=C. The van der Waals surface area contributed by atoms with Crippen molar-refractivity contribution in [2.45, 2.75) is 13.8 Å². The molecule has 0 N–H and O–H groups in total. The van der Waals surface area contributed by atoms with Crippen LogP contribution >= 0.6 is 0 Å². The summed E-state index contributed by atoms with van der Waals surface area (Å²) in [7, 11) is 0. The molecule has 0 aliphatic carbocycles. The largest absolute Gasteiger partial charge is 0.462 e. The number of rotatable bonds is 5. The van der Waals surface area contributed by atoms with E-state index in [9.17, 15) is 0 Å². The molecule has 0 saturated heterocycles. The number of allylic oxidation sites excluding steroid dienone is 7. The third-order valence-corrected chi connectivity index (χ3v) is 1.31. The van der Waals surface area contributed by atoms with Crippen molar-refractivity contribution in [3.63, 3.8) is 0 Å². The van der Waals surface area contributed by atoms with Crippen LogP contribution in [0.2, 0.25) is 0 Å². The molecule has 0 bridgehead atoms. The van der Waals surface area contributed by atoms with Gasteiger partial charge in [-0.15, -0.1) is 0 Å². The third-order valence-electron chi connectivity index (χ3n) is 1.31. The zero-order valence-electron chi connectivity index (χ0n) is 8.29. The maximum absolute atomic E-state index is 5.46. The molecule has 0 heterocycles. The van der Waals surface area contributed by atoms with Gasteiger partial charge < -0.3 is 4.74 Å². The van der Waals surface area contributed by atoms with Crippen molar-refractivity contribution in [2.75, 3.05) is 0 Å². The van der Waals surface area contributed by atoms with Crippen LogP contribution in [0, 0.1) is 0 Å². The molecular weight excluding hydrogens is 160 g/mol. The van der Waals surface area contributed by atoms with Gasteiger partial charge in [-0.05, 0) is 32.1 Å². The monoisotopic (exact) mass is 176 g/mol. The highest BCUT2D eigenvalue weighted by atomic mass is 16.5. The molecule has 0 amide bonds. The minimum absolute atomic E-state index is 0.801. The maximum Gasteiger partial charge on any atom is 0.122 e. The second-order valence-electron chi connectivity index (χ2n) is 2.40. The zero-order valence-corrected chi connectivity index (χ0v) is 8.29. The van der Waals surface area contributed by atoms with E-state index in [2.05, 4.69) is 13.2 Å². The van der Waals surface area contributed by atoms with Crippen LogP contribution in [0.3, 0.4) is 0 Å². The average molecular weight is 176 g/mol. The predicted molar refractivity (Wildman–Crippen MR) is 58.1 cm³/mol. The molecule has 0 aliphatic heterocycles. The fourth-order valence-corrected chi connectivity index (χ4v) is 0.738. The van der Waals surface area contributed by atoms with Gasteiger partial charge in [0.2, 0.25) is 0 Å². The lowest BCUT2D eigenvalue weighted by Crippen LogP contribution is -1.85. The summed E-state index contributed by atoms with van der Waals surface area (Å²) in [6, 6.07) is 0. The topological polar surface area (TPSA) is 9.23 Å². The quantitative estimate of drug-likeness (QED) is 0.458. The maximum atomic E-state index is 5.46. The minimum atomic E-state index is 0.801. The van der Waals surface area contributed by atoms with Gasteiger partial charge >= 0.3 is 0 Å². The molecule has 0 fully saturated rings. The van der Waals surface area contributed by atoms with E-state index in [0.29, 0.717) is 0 Å². The van der Waals surface area contributed by atoms with Gasteiger partial charge in [0.05, 0.1) is 0 Å². The van der Waals surface area contributed by atoms with Crippen molar-refractivity contribution in [3.8, 4) is 0 Å². The molecule has 0 aliphatic rings. The molecule has 0 unspecified atom stereocenters. The Bertz CT molecular complexity index is 254. The van der Waals surface area contributed by atoms with Gasteiger partial charge in [-0.1, -0.05) is 31.4 Å². The first-order chi connectivity index (χ1) is 6.24. The predicted octanol–water partition coefficient (Wildman–Crippen LogP) is 3.74. The molecule has 0 saturated carbocycles. The Morgan fingerprint density at radius 1 is 1.23 bits per heavy atom. The van der Waals surface area contributed by atoms with Crippen LogP contribution in [0.15, 0.2) is 61.1 Å². The summed E-state index contributed by atoms with van der Waals surface area (Å²) in [6.07, 6.45) is 10.8. The molecular formula is C12H16O. The smallest absolute Gasteiger partial charge is 0.122 e. The Labute approximate surface area is 80.4 Å². The van der Waals surface area contributed by atoms with Crippen molar-refractivity contribution in [3.05, 3.63) is 61.1 Å². The molecule has 0 rings (SSSR count). The van der Waals surface area contributed by atoms with Crippen molar-refractivity contribution in [1.82, 2.24) is 0 Å². The summed E-state index contributed by atoms with van der Waals surface area (Å²) in [5.74, 6) is 1.62. The lowest BCUT2D eigenvalue weighted by molar-refractivity contribution is 0.322. The summed E-state index contributed by atoms with van der Waals surface area (Å²) in [5, 5.41) is 0. The lowest BCUT2D eigenvalue weighted by Gasteiger charge is -2.04. The molecule has 0 aromatic rings. The van der Waals surface area contributed by atoms with Crippen molar-refractivity contribution in [1.29, 1.82) is 0 Å². The Kier molecular flexibility index (Phi) is 6.34. The van der Waals surface area contributed by atoms with Crippen LogP contribution < -0.4 is 0 Å². The average Bonchev–Trinajstić information content (AvgIpc) is 2.12. The fraction of sp³-hybridized carbons (Fsp3) is 0.167. The van der Waals surface area contributed by atoms with Gasteiger partial charge in [-0.25, -0.2) is 0 Å². The van der Waals surface area contributed by atoms with Crippen LogP contribution in [0.5, 0.6) is 0 Å². The molecule has 0 radical (unpaired) electrons. The molecule has 0 aromatic heterocycles. The molecule has 1 heteroatoms. The first-order valence-electron chi connectivity index (χ1n) is 4.17. The van der Waals surface area contributed by atoms with Crippen LogP contribution in [-0.2, 0) is 4.74 Å². The highest BCUT2D eigenvalue weighted by Gasteiger charge is 1.91. The minimum Gasteiger partial charge on any atom is -0.462 e. The summed E-state index contributed by atoms with van der Waals surface area (Å²) in [4.78, 5) is 0. The Morgan fingerprint density at radius 3 is 2.38 bits per heavy atom. The van der Waals surface area contributed by atoms with E-state index in [0.717, 1.165) is 11.5 Å². The second-order valence-corrected chi connectivity index (χ2v) is 2.40. The second kappa shape index (κ2) is 7.17. The number of hydrogen-bond acceptors (Lipinski definition) is 1. The highest BCUT2D eigenvalue weighted by Crippen LogP contribution is 2.07. The van der Waals surface area contributed by atoms with Gasteiger partial charge in [-0.2, -0.15) is 0 Å². The van der Waals surface area contributed by atoms with Crippen molar-refractivity contribution >= 4 is 0 Å². The normalized spacial score (nSPS) is 13.1. The summed E-state index contributed by atoms with van der Waals surface area (Å²) in [6.45, 7) is 11.0. The molecule has 0 atom stereocenters. The van der Waals surface area contributed by atoms with Crippen LogP contribution in [-0.4, -0.2) is 0 Å². The summed E-state index contributed by atoms with van der Waals surface area (Å²) >= 11 is 0. The third kappa shape index (κ3) is 5.74. The van der Waals surface area contributed by atoms with E-state index in [1.807, 2.05) is 38.2 Å². The van der Waals surface area contributed by atoms with E-state index in [4.69, 9.17) is 4.74 Å². The van der Waals surface area contributed by atoms with Crippen LogP contribution in [0.25, 0.3) is 0 Å². The molecule has 0 aromatic carbocycles.